The Morgan fingerprint density at radius 2 is 2.19 bits per heavy atom. The van der Waals surface area contributed by atoms with Gasteiger partial charge in [-0.25, -0.2) is 0 Å². The maximum absolute atomic E-state index is 12.0. The van der Waals surface area contributed by atoms with Crippen LogP contribution in [-0.4, -0.2) is 30.0 Å². The van der Waals surface area contributed by atoms with Gasteiger partial charge in [-0.05, 0) is 19.1 Å². The molecule has 2 N–H and O–H groups in total. The van der Waals surface area contributed by atoms with Crippen LogP contribution in [0.2, 0.25) is 0 Å². The molecule has 92 valence electrons. The van der Waals surface area contributed by atoms with Gasteiger partial charge in [0.15, 0.2) is 6.10 Å². The van der Waals surface area contributed by atoms with Gasteiger partial charge in [-0.15, -0.1) is 0 Å². The molecule has 0 aliphatic rings. The normalized spacial score (nSPS) is 16.1. The van der Waals surface area contributed by atoms with Crippen molar-refractivity contribution in [1.29, 1.82) is 0 Å². The summed E-state index contributed by atoms with van der Waals surface area (Å²) in [6.45, 7) is 1.22. The zero-order valence-electron chi connectivity index (χ0n) is 8.79. The summed E-state index contributed by atoms with van der Waals surface area (Å²) in [7, 11) is 0. The molecule has 0 aromatic carbocycles. The summed E-state index contributed by atoms with van der Waals surface area (Å²) >= 11 is 0. The van der Waals surface area contributed by atoms with Crippen LogP contribution in [0, 0.1) is 0 Å². The van der Waals surface area contributed by atoms with Crippen LogP contribution in [0.15, 0.2) is 22.8 Å². The maximum atomic E-state index is 12.0. The Balaban J connectivity index is 2.28. The summed E-state index contributed by atoms with van der Waals surface area (Å²) in [6, 6.07) is 3.27. The first kappa shape index (κ1) is 13.1. The van der Waals surface area contributed by atoms with Gasteiger partial charge in [-0.2, -0.15) is 13.2 Å². The van der Waals surface area contributed by atoms with Gasteiger partial charge in [-0.1, -0.05) is 0 Å². The quantitative estimate of drug-likeness (QED) is 0.819. The molecule has 1 rings (SSSR count). The first-order chi connectivity index (χ1) is 7.39. The average Bonchev–Trinajstić information content (AvgIpc) is 2.65. The molecule has 0 bridgehead atoms. The van der Waals surface area contributed by atoms with Crippen LogP contribution in [0.25, 0.3) is 0 Å². The molecule has 0 saturated carbocycles. The van der Waals surface area contributed by atoms with E-state index in [1.54, 1.807) is 19.1 Å². The summed E-state index contributed by atoms with van der Waals surface area (Å²) in [5.41, 5.74) is 0. The molecule has 16 heavy (non-hydrogen) atoms. The predicted octanol–water partition coefficient (Wildman–Crippen LogP) is 1.72. The minimum atomic E-state index is -4.57. The highest BCUT2D eigenvalue weighted by molar-refractivity contribution is 4.99. The fraction of sp³-hybridized carbons (Fsp3) is 0.600. The van der Waals surface area contributed by atoms with Gasteiger partial charge >= 0.3 is 6.18 Å². The Kier molecular flexibility index (Phi) is 4.37. The molecular formula is C10H14F3NO2. The Morgan fingerprint density at radius 1 is 1.50 bits per heavy atom. The van der Waals surface area contributed by atoms with Crippen LogP contribution >= 0.6 is 0 Å². The van der Waals surface area contributed by atoms with E-state index < -0.39 is 18.8 Å². The number of nitrogens with one attached hydrogen (secondary N) is 1. The number of aliphatic hydroxyl groups excluding tert-OH is 1. The number of rotatable bonds is 5. The van der Waals surface area contributed by atoms with Crippen molar-refractivity contribution in [3.63, 3.8) is 0 Å². The third-order valence-electron chi connectivity index (χ3n) is 2.12. The van der Waals surface area contributed by atoms with Crippen molar-refractivity contribution >= 4 is 0 Å². The molecule has 0 saturated heterocycles. The molecule has 2 atom stereocenters. The van der Waals surface area contributed by atoms with Gasteiger partial charge in [0.25, 0.3) is 0 Å². The van der Waals surface area contributed by atoms with Crippen LogP contribution in [0.4, 0.5) is 13.2 Å². The predicted molar refractivity (Wildman–Crippen MR) is 51.9 cm³/mol. The van der Waals surface area contributed by atoms with Crippen LogP contribution in [-0.2, 0) is 6.42 Å². The number of hydrogen-bond donors (Lipinski definition) is 2. The summed E-state index contributed by atoms with van der Waals surface area (Å²) < 4.78 is 41.0. The van der Waals surface area contributed by atoms with Gasteiger partial charge in [0.1, 0.15) is 5.76 Å². The second kappa shape index (κ2) is 5.36. The van der Waals surface area contributed by atoms with E-state index in [4.69, 9.17) is 9.52 Å². The minimum absolute atomic E-state index is 0.192. The molecule has 0 fully saturated rings. The van der Waals surface area contributed by atoms with Crippen LogP contribution in [0.1, 0.15) is 12.7 Å². The molecule has 6 heteroatoms. The van der Waals surface area contributed by atoms with Crippen molar-refractivity contribution in [2.24, 2.45) is 0 Å². The summed E-state index contributed by atoms with van der Waals surface area (Å²) in [5.74, 6) is 0.696. The highest BCUT2D eigenvalue weighted by Gasteiger charge is 2.37. The molecule has 3 nitrogen and oxygen atoms in total. The fourth-order valence-corrected chi connectivity index (χ4v) is 1.23. The Labute approximate surface area is 91.3 Å². The zero-order valence-corrected chi connectivity index (χ0v) is 8.79. The molecule has 2 unspecified atom stereocenters. The highest BCUT2D eigenvalue weighted by Crippen LogP contribution is 2.19. The first-order valence-electron chi connectivity index (χ1n) is 4.90. The number of halogens is 3. The molecule has 0 aliphatic carbocycles. The lowest BCUT2D eigenvalue weighted by molar-refractivity contribution is -0.202. The van der Waals surface area contributed by atoms with Crippen LogP contribution in [0.3, 0.4) is 0 Å². The second-order valence-electron chi connectivity index (χ2n) is 3.65. The van der Waals surface area contributed by atoms with Gasteiger partial charge in [0.05, 0.1) is 6.26 Å². The van der Waals surface area contributed by atoms with E-state index >= 15 is 0 Å². The topological polar surface area (TPSA) is 45.4 Å². The molecule has 1 heterocycles. The zero-order chi connectivity index (χ0) is 12.2. The van der Waals surface area contributed by atoms with Gasteiger partial charge in [0, 0.05) is 19.0 Å². The average molecular weight is 237 g/mol. The van der Waals surface area contributed by atoms with Crippen LogP contribution in [0.5, 0.6) is 0 Å². The monoisotopic (exact) mass is 237 g/mol. The van der Waals surface area contributed by atoms with Gasteiger partial charge in [0.2, 0.25) is 0 Å². The molecule has 1 aromatic rings. The van der Waals surface area contributed by atoms with E-state index in [9.17, 15) is 13.2 Å². The first-order valence-corrected chi connectivity index (χ1v) is 4.90. The highest BCUT2D eigenvalue weighted by atomic mass is 19.4. The minimum Gasteiger partial charge on any atom is -0.469 e. The Bertz CT molecular complexity index is 298. The standard InChI is InChI=1S/C10H14F3NO2/c1-7(5-8-3-2-4-16-8)14-6-9(15)10(11,12)13/h2-4,7,9,14-15H,5-6H2,1H3. The number of furan rings is 1. The molecular weight excluding hydrogens is 223 g/mol. The molecule has 0 aliphatic heterocycles. The summed E-state index contributed by atoms with van der Waals surface area (Å²) in [6.07, 6.45) is -4.91. The molecule has 0 spiro atoms. The van der Waals surface area contributed by atoms with E-state index in [2.05, 4.69) is 5.32 Å². The number of aliphatic hydroxyl groups is 1. The largest absolute Gasteiger partial charge is 0.469 e. The van der Waals surface area contributed by atoms with Crippen LogP contribution < -0.4 is 5.32 Å². The number of hydrogen-bond acceptors (Lipinski definition) is 3. The van der Waals surface area contributed by atoms with Gasteiger partial charge in [-0.3, -0.25) is 0 Å². The van der Waals surface area contributed by atoms with Gasteiger partial charge < -0.3 is 14.8 Å². The Morgan fingerprint density at radius 3 is 2.69 bits per heavy atom. The van der Waals surface area contributed by atoms with E-state index in [1.807, 2.05) is 0 Å². The lowest BCUT2D eigenvalue weighted by atomic mass is 10.2. The van der Waals surface area contributed by atoms with Crippen molar-refractivity contribution in [2.45, 2.75) is 31.7 Å². The maximum Gasteiger partial charge on any atom is 0.415 e. The number of alkyl halides is 3. The lowest BCUT2D eigenvalue weighted by Gasteiger charge is -2.18. The third-order valence-corrected chi connectivity index (χ3v) is 2.12. The van der Waals surface area contributed by atoms with Crippen molar-refractivity contribution < 1.29 is 22.7 Å². The smallest absolute Gasteiger partial charge is 0.415 e. The second-order valence-corrected chi connectivity index (χ2v) is 3.65. The van der Waals surface area contributed by atoms with E-state index in [-0.39, 0.29) is 6.04 Å². The summed E-state index contributed by atoms with van der Waals surface area (Å²) in [4.78, 5) is 0. The van der Waals surface area contributed by atoms with E-state index in [0.29, 0.717) is 12.2 Å². The third kappa shape index (κ3) is 4.24. The SMILES string of the molecule is CC(Cc1ccco1)NCC(O)C(F)(F)F. The molecule has 1 aromatic heterocycles. The van der Waals surface area contributed by atoms with Crippen molar-refractivity contribution in [3.8, 4) is 0 Å². The Hall–Kier alpha value is -1.01. The lowest BCUT2D eigenvalue weighted by Crippen LogP contribution is -2.42. The molecule has 0 radical (unpaired) electrons. The van der Waals surface area contributed by atoms with Crippen molar-refractivity contribution in [2.75, 3.05) is 6.54 Å². The molecule has 0 amide bonds. The van der Waals surface area contributed by atoms with E-state index in [1.165, 1.54) is 6.26 Å². The van der Waals surface area contributed by atoms with Crippen molar-refractivity contribution in [1.82, 2.24) is 5.32 Å². The summed E-state index contributed by atoms with van der Waals surface area (Å²) in [5, 5.41) is 11.3. The van der Waals surface area contributed by atoms with E-state index in [0.717, 1.165) is 0 Å². The fourth-order valence-electron chi connectivity index (χ4n) is 1.23. The van der Waals surface area contributed by atoms with Crippen molar-refractivity contribution in [3.05, 3.63) is 24.2 Å².